The molecule has 1 amide bonds. The average molecular weight is 173 g/mol. The Bertz CT molecular complexity index is 154. The maximum Gasteiger partial charge on any atom is 0.233 e. The highest BCUT2D eigenvalue weighted by molar-refractivity contribution is 7.81. The van der Waals surface area contributed by atoms with E-state index in [4.69, 9.17) is 0 Å². The topological polar surface area (TPSA) is 29.1 Å². The zero-order chi connectivity index (χ0) is 8.43. The van der Waals surface area contributed by atoms with Crippen molar-refractivity contribution in [2.75, 3.05) is 0 Å². The Labute approximate surface area is 73.2 Å². The molecule has 2 nitrogen and oxygen atoms in total. The minimum atomic E-state index is -0.143. The molecule has 0 spiro atoms. The standard InChI is InChI=1S/C8H15NOS/c1-5(2)7(11)8(10)9-6-3-4-6/h5-7,11H,3-4H2,1-2H3,(H,9,10). The van der Waals surface area contributed by atoms with Crippen molar-refractivity contribution >= 4 is 18.5 Å². The summed E-state index contributed by atoms with van der Waals surface area (Å²) in [5.41, 5.74) is 0. The van der Waals surface area contributed by atoms with Crippen LogP contribution in [0.1, 0.15) is 26.7 Å². The first kappa shape index (κ1) is 8.91. The third kappa shape index (κ3) is 2.73. The summed E-state index contributed by atoms with van der Waals surface area (Å²) >= 11 is 4.21. The summed E-state index contributed by atoms with van der Waals surface area (Å²) in [5.74, 6) is 0.405. The Morgan fingerprint density at radius 2 is 2.09 bits per heavy atom. The molecule has 1 fully saturated rings. The fourth-order valence-electron chi connectivity index (χ4n) is 0.817. The molecule has 0 aromatic heterocycles. The third-order valence-corrected chi connectivity index (χ3v) is 2.65. The van der Waals surface area contributed by atoms with Gasteiger partial charge in [0.15, 0.2) is 0 Å². The third-order valence-electron chi connectivity index (χ3n) is 1.82. The Hall–Kier alpha value is -0.180. The van der Waals surface area contributed by atoms with E-state index >= 15 is 0 Å². The quantitative estimate of drug-likeness (QED) is 0.617. The van der Waals surface area contributed by atoms with E-state index in [1.165, 1.54) is 0 Å². The van der Waals surface area contributed by atoms with Crippen LogP contribution < -0.4 is 5.32 Å². The van der Waals surface area contributed by atoms with Crippen molar-refractivity contribution in [1.82, 2.24) is 5.32 Å². The number of carbonyl (C=O) groups is 1. The van der Waals surface area contributed by atoms with Gasteiger partial charge in [0, 0.05) is 6.04 Å². The Balaban J connectivity index is 2.26. The van der Waals surface area contributed by atoms with Gasteiger partial charge in [-0.2, -0.15) is 12.6 Å². The highest BCUT2D eigenvalue weighted by Gasteiger charge is 2.26. The number of nitrogens with one attached hydrogen (secondary N) is 1. The Morgan fingerprint density at radius 3 is 2.45 bits per heavy atom. The molecule has 1 aliphatic rings. The molecule has 0 heterocycles. The van der Waals surface area contributed by atoms with Gasteiger partial charge < -0.3 is 5.32 Å². The van der Waals surface area contributed by atoms with E-state index in [-0.39, 0.29) is 11.2 Å². The second kappa shape index (κ2) is 3.48. The van der Waals surface area contributed by atoms with Crippen LogP contribution in [0.5, 0.6) is 0 Å². The first-order valence-corrected chi connectivity index (χ1v) is 4.61. The van der Waals surface area contributed by atoms with Gasteiger partial charge in [-0.15, -0.1) is 0 Å². The number of hydrogen-bond acceptors (Lipinski definition) is 2. The predicted molar refractivity (Wildman–Crippen MR) is 48.8 cm³/mol. The number of carbonyl (C=O) groups excluding carboxylic acids is 1. The van der Waals surface area contributed by atoms with Crippen LogP contribution in [0, 0.1) is 5.92 Å². The maximum atomic E-state index is 11.2. The van der Waals surface area contributed by atoms with Crippen molar-refractivity contribution in [2.24, 2.45) is 5.92 Å². The van der Waals surface area contributed by atoms with Crippen LogP contribution in [0.4, 0.5) is 0 Å². The van der Waals surface area contributed by atoms with E-state index in [1.54, 1.807) is 0 Å². The molecule has 0 saturated heterocycles. The summed E-state index contributed by atoms with van der Waals surface area (Å²) in [5, 5.41) is 2.78. The molecule has 1 atom stereocenters. The van der Waals surface area contributed by atoms with Crippen molar-refractivity contribution in [3.05, 3.63) is 0 Å². The van der Waals surface area contributed by atoms with Gasteiger partial charge in [-0.3, -0.25) is 4.79 Å². The van der Waals surface area contributed by atoms with Crippen LogP contribution >= 0.6 is 12.6 Å². The van der Waals surface area contributed by atoms with Gasteiger partial charge in [-0.05, 0) is 18.8 Å². The van der Waals surface area contributed by atoms with E-state index in [0.717, 1.165) is 12.8 Å². The average Bonchev–Trinajstić information content (AvgIpc) is 2.69. The van der Waals surface area contributed by atoms with Crippen LogP contribution in [-0.4, -0.2) is 17.2 Å². The second-order valence-corrected chi connectivity index (χ2v) is 4.03. The van der Waals surface area contributed by atoms with Gasteiger partial charge in [0.2, 0.25) is 5.91 Å². The highest BCUT2D eigenvalue weighted by Crippen LogP contribution is 2.20. The summed E-state index contributed by atoms with van der Waals surface area (Å²) in [6.45, 7) is 4.01. The smallest absolute Gasteiger partial charge is 0.233 e. The van der Waals surface area contributed by atoms with Gasteiger partial charge in [0.05, 0.1) is 5.25 Å². The van der Waals surface area contributed by atoms with Gasteiger partial charge in [-0.25, -0.2) is 0 Å². The van der Waals surface area contributed by atoms with Crippen molar-refractivity contribution in [1.29, 1.82) is 0 Å². The highest BCUT2D eigenvalue weighted by atomic mass is 32.1. The van der Waals surface area contributed by atoms with Gasteiger partial charge in [0.1, 0.15) is 0 Å². The number of rotatable bonds is 3. The molecule has 1 saturated carbocycles. The predicted octanol–water partition coefficient (Wildman–Crippen LogP) is 1.22. The number of hydrogen-bond donors (Lipinski definition) is 2. The molecule has 1 aliphatic carbocycles. The molecule has 0 aromatic carbocycles. The number of amides is 1. The summed E-state index contributed by atoms with van der Waals surface area (Å²) in [7, 11) is 0. The van der Waals surface area contributed by atoms with Crippen LogP contribution in [0.2, 0.25) is 0 Å². The van der Waals surface area contributed by atoms with Crippen molar-refractivity contribution in [3.8, 4) is 0 Å². The lowest BCUT2D eigenvalue weighted by Gasteiger charge is -2.13. The van der Waals surface area contributed by atoms with E-state index in [9.17, 15) is 4.79 Å². The maximum absolute atomic E-state index is 11.2. The molecule has 1 unspecified atom stereocenters. The molecule has 0 aromatic rings. The molecular formula is C8H15NOS. The SMILES string of the molecule is CC(C)C(S)C(=O)NC1CC1. The lowest BCUT2D eigenvalue weighted by Crippen LogP contribution is -2.35. The largest absolute Gasteiger partial charge is 0.352 e. The van der Waals surface area contributed by atoms with E-state index in [0.29, 0.717) is 12.0 Å². The van der Waals surface area contributed by atoms with Crippen molar-refractivity contribution < 1.29 is 4.79 Å². The van der Waals surface area contributed by atoms with Gasteiger partial charge in [0.25, 0.3) is 0 Å². The summed E-state index contributed by atoms with van der Waals surface area (Å²) in [6.07, 6.45) is 2.29. The zero-order valence-electron chi connectivity index (χ0n) is 7.00. The number of thiol groups is 1. The Morgan fingerprint density at radius 1 is 1.55 bits per heavy atom. The summed E-state index contributed by atoms with van der Waals surface area (Å²) in [4.78, 5) is 11.2. The van der Waals surface area contributed by atoms with Gasteiger partial charge in [-0.1, -0.05) is 13.8 Å². The van der Waals surface area contributed by atoms with Crippen LogP contribution in [-0.2, 0) is 4.79 Å². The first-order valence-electron chi connectivity index (χ1n) is 4.09. The summed E-state index contributed by atoms with van der Waals surface area (Å²) < 4.78 is 0. The molecule has 1 rings (SSSR count). The minimum absolute atomic E-state index is 0.0887. The van der Waals surface area contributed by atoms with E-state index < -0.39 is 0 Å². The molecule has 1 N–H and O–H groups in total. The van der Waals surface area contributed by atoms with Crippen LogP contribution in [0.15, 0.2) is 0 Å². The van der Waals surface area contributed by atoms with E-state index in [2.05, 4.69) is 17.9 Å². The fraction of sp³-hybridized carbons (Fsp3) is 0.875. The van der Waals surface area contributed by atoms with Crippen molar-refractivity contribution in [2.45, 2.75) is 38.0 Å². The van der Waals surface area contributed by atoms with E-state index in [1.807, 2.05) is 13.8 Å². The molecule has 0 bridgehead atoms. The Kier molecular flexibility index (Phi) is 2.82. The van der Waals surface area contributed by atoms with Crippen molar-refractivity contribution in [3.63, 3.8) is 0 Å². The minimum Gasteiger partial charge on any atom is -0.352 e. The van der Waals surface area contributed by atoms with Crippen LogP contribution in [0.25, 0.3) is 0 Å². The lowest BCUT2D eigenvalue weighted by atomic mass is 10.1. The normalized spacial score (nSPS) is 20.0. The molecule has 3 heteroatoms. The zero-order valence-corrected chi connectivity index (χ0v) is 7.90. The second-order valence-electron chi connectivity index (χ2n) is 3.47. The van der Waals surface area contributed by atoms with Crippen LogP contribution in [0.3, 0.4) is 0 Å². The van der Waals surface area contributed by atoms with Gasteiger partial charge >= 0.3 is 0 Å². The summed E-state index contributed by atoms with van der Waals surface area (Å²) in [6, 6.07) is 0.455. The first-order chi connectivity index (χ1) is 5.11. The lowest BCUT2D eigenvalue weighted by molar-refractivity contribution is -0.121. The molecule has 11 heavy (non-hydrogen) atoms. The molecule has 0 radical (unpaired) electrons. The molecule has 64 valence electrons. The molecular weight excluding hydrogens is 158 g/mol. The fourth-order valence-corrected chi connectivity index (χ4v) is 0.892. The monoisotopic (exact) mass is 173 g/mol. The molecule has 0 aliphatic heterocycles.